The number of halogens is 1. The second-order valence-corrected chi connectivity index (χ2v) is 3.80. The number of hydrogen-bond acceptors (Lipinski definition) is 1. The van der Waals surface area contributed by atoms with E-state index in [-0.39, 0.29) is 0 Å². The molecular formula is C11H14FNO. The quantitative estimate of drug-likeness (QED) is 0.772. The molecule has 0 heterocycles. The SMILES string of the molecule is Cc1cccc(NC(=O)C(C)(C)F)c1. The maximum Gasteiger partial charge on any atom is 0.261 e. The number of benzene rings is 1. The van der Waals surface area contributed by atoms with Gasteiger partial charge in [0.1, 0.15) is 0 Å². The molecule has 0 bridgehead atoms. The molecule has 2 nitrogen and oxygen atoms in total. The van der Waals surface area contributed by atoms with Gasteiger partial charge in [-0.05, 0) is 38.5 Å². The summed E-state index contributed by atoms with van der Waals surface area (Å²) < 4.78 is 13.2. The Kier molecular flexibility index (Phi) is 2.89. The fraction of sp³-hybridized carbons (Fsp3) is 0.364. The van der Waals surface area contributed by atoms with Crippen LogP contribution in [0.25, 0.3) is 0 Å². The Bertz CT molecular complexity index is 341. The summed E-state index contributed by atoms with van der Waals surface area (Å²) in [6.07, 6.45) is 0. The average Bonchev–Trinajstić information content (AvgIpc) is 2.02. The molecule has 1 amide bonds. The molecule has 0 radical (unpaired) electrons. The van der Waals surface area contributed by atoms with Crippen LogP contribution in [0.5, 0.6) is 0 Å². The predicted octanol–water partition coefficient (Wildman–Crippen LogP) is 2.68. The Labute approximate surface area is 83.1 Å². The van der Waals surface area contributed by atoms with Crippen LogP contribution in [-0.4, -0.2) is 11.6 Å². The highest BCUT2D eigenvalue weighted by molar-refractivity contribution is 5.96. The zero-order valence-electron chi connectivity index (χ0n) is 8.60. The van der Waals surface area contributed by atoms with Gasteiger partial charge in [-0.1, -0.05) is 12.1 Å². The Morgan fingerprint density at radius 3 is 2.57 bits per heavy atom. The molecule has 1 N–H and O–H groups in total. The molecule has 3 heteroatoms. The number of alkyl halides is 1. The fourth-order valence-electron chi connectivity index (χ4n) is 1.00. The molecule has 1 rings (SSSR count). The molecule has 0 aliphatic carbocycles. The third kappa shape index (κ3) is 2.83. The number of aryl methyl sites for hydroxylation is 1. The highest BCUT2D eigenvalue weighted by Crippen LogP contribution is 2.14. The van der Waals surface area contributed by atoms with Crippen LogP contribution in [0, 0.1) is 6.92 Å². The second kappa shape index (κ2) is 3.78. The van der Waals surface area contributed by atoms with Gasteiger partial charge in [-0.15, -0.1) is 0 Å². The summed E-state index contributed by atoms with van der Waals surface area (Å²) in [7, 11) is 0. The standard InChI is InChI=1S/C11H14FNO/c1-8-5-4-6-9(7-8)13-10(14)11(2,3)12/h4-7H,1-3H3,(H,13,14). The second-order valence-electron chi connectivity index (χ2n) is 3.80. The number of anilines is 1. The Hall–Kier alpha value is -1.38. The average molecular weight is 195 g/mol. The van der Waals surface area contributed by atoms with Crippen molar-refractivity contribution in [3.63, 3.8) is 0 Å². The van der Waals surface area contributed by atoms with Crippen molar-refractivity contribution in [2.75, 3.05) is 5.32 Å². The van der Waals surface area contributed by atoms with E-state index in [0.717, 1.165) is 5.56 Å². The number of hydrogen-bond donors (Lipinski definition) is 1. The van der Waals surface area contributed by atoms with E-state index in [1.54, 1.807) is 12.1 Å². The van der Waals surface area contributed by atoms with Crippen molar-refractivity contribution in [2.24, 2.45) is 0 Å². The monoisotopic (exact) mass is 195 g/mol. The third-order valence-corrected chi connectivity index (χ3v) is 1.82. The molecule has 0 fully saturated rings. The minimum Gasteiger partial charge on any atom is -0.323 e. The van der Waals surface area contributed by atoms with Crippen LogP contribution in [-0.2, 0) is 4.79 Å². The van der Waals surface area contributed by atoms with Gasteiger partial charge in [0.15, 0.2) is 5.67 Å². The van der Waals surface area contributed by atoms with Crippen molar-refractivity contribution < 1.29 is 9.18 Å². The molecule has 0 saturated carbocycles. The maximum atomic E-state index is 13.2. The van der Waals surface area contributed by atoms with E-state index >= 15 is 0 Å². The van der Waals surface area contributed by atoms with Gasteiger partial charge in [-0.2, -0.15) is 0 Å². The lowest BCUT2D eigenvalue weighted by Crippen LogP contribution is -2.32. The van der Waals surface area contributed by atoms with Crippen molar-refractivity contribution in [3.05, 3.63) is 29.8 Å². The first kappa shape index (κ1) is 10.7. The summed E-state index contributed by atoms with van der Waals surface area (Å²) in [6.45, 7) is 4.38. The first-order valence-corrected chi connectivity index (χ1v) is 4.46. The molecular weight excluding hydrogens is 181 g/mol. The highest BCUT2D eigenvalue weighted by atomic mass is 19.1. The zero-order valence-corrected chi connectivity index (χ0v) is 8.60. The van der Waals surface area contributed by atoms with E-state index in [1.165, 1.54) is 13.8 Å². The minimum atomic E-state index is -1.84. The number of carbonyl (C=O) groups is 1. The summed E-state index contributed by atoms with van der Waals surface area (Å²) in [4.78, 5) is 11.3. The van der Waals surface area contributed by atoms with Crippen molar-refractivity contribution >= 4 is 11.6 Å². The topological polar surface area (TPSA) is 29.1 Å². The molecule has 14 heavy (non-hydrogen) atoms. The number of amides is 1. The summed E-state index contributed by atoms with van der Waals surface area (Å²) in [5.41, 5.74) is -0.191. The summed E-state index contributed by atoms with van der Waals surface area (Å²) >= 11 is 0. The van der Waals surface area contributed by atoms with Crippen LogP contribution in [0.1, 0.15) is 19.4 Å². The molecule has 1 aromatic rings. The van der Waals surface area contributed by atoms with E-state index in [2.05, 4.69) is 5.32 Å². The van der Waals surface area contributed by atoms with E-state index in [9.17, 15) is 9.18 Å². The maximum absolute atomic E-state index is 13.2. The fourth-order valence-corrected chi connectivity index (χ4v) is 1.00. The van der Waals surface area contributed by atoms with Crippen LogP contribution in [0.4, 0.5) is 10.1 Å². The van der Waals surface area contributed by atoms with Crippen molar-refractivity contribution in [2.45, 2.75) is 26.4 Å². The first-order valence-electron chi connectivity index (χ1n) is 4.46. The molecule has 0 aromatic heterocycles. The molecule has 0 saturated heterocycles. The van der Waals surface area contributed by atoms with Crippen molar-refractivity contribution in [3.8, 4) is 0 Å². The van der Waals surface area contributed by atoms with Gasteiger partial charge in [0.25, 0.3) is 5.91 Å². The van der Waals surface area contributed by atoms with Crippen LogP contribution in [0.3, 0.4) is 0 Å². The van der Waals surface area contributed by atoms with E-state index in [4.69, 9.17) is 0 Å². The largest absolute Gasteiger partial charge is 0.323 e. The van der Waals surface area contributed by atoms with Gasteiger partial charge >= 0.3 is 0 Å². The smallest absolute Gasteiger partial charge is 0.261 e. The molecule has 0 spiro atoms. The van der Waals surface area contributed by atoms with Crippen molar-refractivity contribution in [1.29, 1.82) is 0 Å². The molecule has 0 unspecified atom stereocenters. The Morgan fingerprint density at radius 2 is 2.07 bits per heavy atom. The van der Waals surface area contributed by atoms with Gasteiger partial charge in [0.2, 0.25) is 0 Å². The Morgan fingerprint density at radius 1 is 1.43 bits per heavy atom. The van der Waals surface area contributed by atoms with E-state index in [1.807, 2.05) is 19.1 Å². The van der Waals surface area contributed by atoms with Crippen molar-refractivity contribution in [1.82, 2.24) is 0 Å². The first-order chi connectivity index (χ1) is 6.39. The van der Waals surface area contributed by atoms with Gasteiger partial charge in [0, 0.05) is 5.69 Å². The van der Waals surface area contributed by atoms with Crippen LogP contribution >= 0.6 is 0 Å². The summed E-state index contributed by atoms with van der Waals surface area (Å²) in [5, 5.41) is 2.51. The minimum absolute atomic E-state index is 0.622. The molecule has 0 aliphatic heterocycles. The van der Waals surface area contributed by atoms with Crippen LogP contribution in [0.15, 0.2) is 24.3 Å². The lowest BCUT2D eigenvalue weighted by atomic mass is 10.1. The number of nitrogens with one attached hydrogen (secondary N) is 1. The lowest BCUT2D eigenvalue weighted by Gasteiger charge is -2.14. The summed E-state index contributed by atoms with van der Waals surface area (Å²) in [6, 6.07) is 7.26. The third-order valence-electron chi connectivity index (χ3n) is 1.82. The molecule has 0 aliphatic rings. The van der Waals surface area contributed by atoms with Gasteiger partial charge in [-0.25, -0.2) is 4.39 Å². The molecule has 0 atom stereocenters. The lowest BCUT2D eigenvalue weighted by molar-refractivity contribution is -0.125. The van der Waals surface area contributed by atoms with Crippen LogP contribution < -0.4 is 5.32 Å². The van der Waals surface area contributed by atoms with Crippen LogP contribution in [0.2, 0.25) is 0 Å². The molecule has 1 aromatic carbocycles. The van der Waals surface area contributed by atoms with Gasteiger partial charge < -0.3 is 5.32 Å². The van der Waals surface area contributed by atoms with E-state index < -0.39 is 11.6 Å². The van der Waals surface area contributed by atoms with Gasteiger partial charge in [-0.3, -0.25) is 4.79 Å². The highest BCUT2D eigenvalue weighted by Gasteiger charge is 2.26. The molecule has 76 valence electrons. The zero-order chi connectivity index (χ0) is 10.8. The normalized spacial score (nSPS) is 11.1. The predicted molar refractivity (Wildman–Crippen MR) is 55.0 cm³/mol. The summed E-state index contributed by atoms with van der Waals surface area (Å²) in [5.74, 6) is -0.622. The number of rotatable bonds is 2. The van der Waals surface area contributed by atoms with E-state index in [0.29, 0.717) is 5.69 Å². The number of carbonyl (C=O) groups excluding carboxylic acids is 1. The van der Waals surface area contributed by atoms with Gasteiger partial charge in [0.05, 0.1) is 0 Å². The Balaban J connectivity index is 2.75.